The molecule has 28 heavy (non-hydrogen) atoms. The van der Waals surface area contributed by atoms with E-state index in [9.17, 15) is 0 Å². The maximum Gasteiger partial charge on any atom is 0.191 e. The fourth-order valence-corrected chi connectivity index (χ4v) is 3.79. The molecule has 0 spiro atoms. The van der Waals surface area contributed by atoms with Crippen LogP contribution in [-0.2, 0) is 39.3 Å². The number of aliphatic imine (C=N–C) groups is 1. The first kappa shape index (κ1) is 20.2. The maximum atomic E-state index is 5.59. The van der Waals surface area contributed by atoms with Crippen LogP contribution in [0.4, 0.5) is 0 Å². The molecule has 6 nitrogen and oxygen atoms in total. The molecule has 1 aliphatic heterocycles. The Hall–Kier alpha value is -2.50. The van der Waals surface area contributed by atoms with Crippen LogP contribution in [0.1, 0.15) is 48.8 Å². The molecule has 2 aromatic rings. The SMILES string of the molecule is CCNC(=NCc1c(CC)nn(C)c1CC)NCCc1ccc2c(c1)CCO2. The first-order chi connectivity index (χ1) is 13.7. The summed E-state index contributed by atoms with van der Waals surface area (Å²) in [5, 5.41) is 11.5. The van der Waals surface area contributed by atoms with Gasteiger partial charge in [-0.1, -0.05) is 26.0 Å². The smallest absolute Gasteiger partial charge is 0.191 e. The van der Waals surface area contributed by atoms with Gasteiger partial charge in [0.25, 0.3) is 0 Å². The molecule has 152 valence electrons. The van der Waals surface area contributed by atoms with Gasteiger partial charge in [-0.2, -0.15) is 5.10 Å². The van der Waals surface area contributed by atoms with E-state index in [-0.39, 0.29) is 0 Å². The molecule has 0 fully saturated rings. The fourth-order valence-electron chi connectivity index (χ4n) is 3.79. The predicted molar refractivity (Wildman–Crippen MR) is 114 cm³/mol. The number of ether oxygens (including phenoxy) is 1. The average Bonchev–Trinajstić information content (AvgIpc) is 3.28. The summed E-state index contributed by atoms with van der Waals surface area (Å²) in [6, 6.07) is 6.52. The number of fused-ring (bicyclic) bond motifs is 1. The molecule has 0 unspecified atom stereocenters. The van der Waals surface area contributed by atoms with E-state index < -0.39 is 0 Å². The van der Waals surface area contributed by atoms with Crippen molar-refractivity contribution in [3.8, 4) is 5.75 Å². The Balaban J connectivity index is 1.62. The van der Waals surface area contributed by atoms with Gasteiger partial charge in [0.2, 0.25) is 0 Å². The van der Waals surface area contributed by atoms with Gasteiger partial charge in [-0.05, 0) is 43.4 Å². The Bertz CT molecular complexity index is 825. The van der Waals surface area contributed by atoms with Gasteiger partial charge in [-0.25, -0.2) is 4.99 Å². The molecule has 6 heteroatoms. The van der Waals surface area contributed by atoms with Crippen LogP contribution >= 0.6 is 0 Å². The van der Waals surface area contributed by atoms with E-state index in [0.717, 1.165) is 62.8 Å². The van der Waals surface area contributed by atoms with Gasteiger partial charge in [-0.3, -0.25) is 4.68 Å². The van der Waals surface area contributed by atoms with Crippen molar-refractivity contribution in [1.29, 1.82) is 0 Å². The van der Waals surface area contributed by atoms with Crippen LogP contribution in [0.25, 0.3) is 0 Å². The van der Waals surface area contributed by atoms with Crippen LogP contribution in [0, 0.1) is 0 Å². The van der Waals surface area contributed by atoms with E-state index in [0.29, 0.717) is 6.54 Å². The molecule has 0 radical (unpaired) electrons. The number of hydrogen-bond donors (Lipinski definition) is 2. The first-order valence-corrected chi connectivity index (χ1v) is 10.5. The summed E-state index contributed by atoms with van der Waals surface area (Å²) in [6.07, 6.45) is 3.89. The molecular formula is C22H33N5O. The van der Waals surface area contributed by atoms with Gasteiger partial charge in [0.1, 0.15) is 5.75 Å². The summed E-state index contributed by atoms with van der Waals surface area (Å²) >= 11 is 0. The molecule has 0 amide bonds. The second kappa shape index (κ2) is 9.62. The number of hydrogen-bond acceptors (Lipinski definition) is 3. The highest BCUT2D eigenvalue weighted by atomic mass is 16.5. The van der Waals surface area contributed by atoms with Crippen LogP contribution in [0.15, 0.2) is 23.2 Å². The lowest BCUT2D eigenvalue weighted by atomic mass is 10.1. The van der Waals surface area contributed by atoms with Gasteiger partial charge in [0.15, 0.2) is 5.96 Å². The summed E-state index contributed by atoms with van der Waals surface area (Å²) < 4.78 is 7.59. The number of aromatic nitrogens is 2. The Labute approximate surface area is 168 Å². The van der Waals surface area contributed by atoms with E-state index in [1.54, 1.807) is 0 Å². The summed E-state index contributed by atoms with van der Waals surface area (Å²) in [6.45, 7) is 9.58. The average molecular weight is 384 g/mol. The second-order valence-corrected chi connectivity index (χ2v) is 7.12. The Morgan fingerprint density at radius 1 is 1.21 bits per heavy atom. The molecule has 1 aromatic heterocycles. The second-order valence-electron chi connectivity index (χ2n) is 7.12. The van der Waals surface area contributed by atoms with Crippen LogP contribution in [0.2, 0.25) is 0 Å². The molecule has 0 atom stereocenters. The summed E-state index contributed by atoms with van der Waals surface area (Å²) in [4.78, 5) is 4.82. The molecule has 2 N–H and O–H groups in total. The number of rotatable bonds is 8. The maximum absolute atomic E-state index is 5.59. The van der Waals surface area contributed by atoms with Crippen LogP contribution < -0.4 is 15.4 Å². The standard InChI is InChI=1S/C22H33N5O/c1-5-19-18(20(6-2)27(4)26-19)15-25-22(23-7-3)24-12-10-16-8-9-21-17(14-16)11-13-28-21/h8-9,14H,5-7,10-13,15H2,1-4H3,(H2,23,24,25). The van der Waals surface area contributed by atoms with Gasteiger partial charge >= 0.3 is 0 Å². The molecule has 3 rings (SSSR count). The van der Waals surface area contributed by atoms with Crippen molar-refractivity contribution in [2.75, 3.05) is 19.7 Å². The number of nitrogens with one attached hydrogen (secondary N) is 2. The van der Waals surface area contributed by atoms with Crippen LogP contribution in [-0.4, -0.2) is 35.4 Å². The third kappa shape index (κ3) is 4.66. The van der Waals surface area contributed by atoms with Crippen molar-refractivity contribution < 1.29 is 4.74 Å². The third-order valence-electron chi connectivity index (χ3n) is 5.23. The van der Waals surface area contributed by atoms with Gasteiger partial charge in [0.05, 0.1) is 18.8 Å². The van der Waals surface area contributed by atoms with Crippen molar-refractivity contribution in [3.05, 3.63) is 46.3 Å². The minimum Gasteiger partial charge on any atom is -0.493 e. The number of nitrogens with zero attached hydrogens (tertiary/aromatic N) is 3. The number of benzene rings is 1. The largest absolute Gasteiger partial charge is 0.493 e. The number of guanidine groups is 1. The first-order valence-electron chi connectivity index (χ1n) is 10.5. The Morgan fingerprint density at radius 3 is 2.82 bits per heavy atom. The van der Waals surface area contributed by atoms with Crippen molar-refractivity contribution >= 4 is 5.96 Å². The molecule has 0 bridgehead atoms. The zero-order valence-corrected chi connectivity index (χ0v) is 17.6. The quantitative estimate of drug-likeness (QED) is 0.543. The Morgan fingerprint density at radius 2 is 2.07 bits per heavy atom. The lowest BCUT2D eigenvalue weighted by Crippen LogP contribution is -2.38. The van der Waals surface area contributed by atoms with Gasteiger partial charge in [0, 0.05) is 37.8 Å². The van der Waals surface area contributed by atoms with Crippen molar-refractivity contribution in [3.63, 3.8) is 0 Å². The normalized spacial score (nSPS) is 13.4. The van der Waals surface area contributed by atoms with Gasteiger partial charge < -0.3 is 15.4 Å². The van der Waals surface area contributed by atoms with E-state index in [4.69, 9.17) is 9.73 Å². The van der Waals surface area contributed by atoms with Crippen LogP contribution in [0.3, 0.4) is 0 Å². The molecule has 0 saturated heterocycles. The van der Waals surface area contributed by atoms with Crippen molar-refractivity contribution in [1.82, 2.24) is 20.4 Å². The summed E-state index contributed by atoms with van der Waals surface area (Å²) in [7, 11) is 2.02. The highest BCUT2D eigenvalue weighted by Crippen LogP contribution is 2.25. The molecule has 1 aliphatic rings. The van der Waals surface area contributed by atoms with Crippen LogP contribution in [0.5, 0.6) is 5.75 Å². The minimum atomic E-state index is 0.658. The predicted octanol–water partition coefficient (Wildman–Crippen LogP) is 2.78. The third-order valence-corrected chi connectivity index (χ3v) is 5.23. The highest BCUT2D eigenvalue weighted by molar-refractivity contribution is 5.79. The highest BCUT2D eigenvalue weighted by Gasteiger charge is 2.14. The lowest BCUT2D eigenvalue weighted by Gasteiger charge is -2.12. The van der Waals surface area contributed by atoms with E-state index in [1.807, 2.05) is 11.7 Å². The van der Waals surface area contributed by atoms with Gasteiger partial charge in [-0.15, -0.1) is 0 Å². The van der Waals surface area contributed by atoms with E-state index in [2.05, 4.69) is 54.7 Å². The zero-order valence-electron chi connectivity index (χ0n) is 17.6. The lowest BCUT2D eigenvalue weighted by molar-refractivity contribution is 0.357. The molecule has 0 aliphatic carbocycles. The fraction of sp³-hybridized carbons (Fsp3) is 0.545. The number of aryl methyl sites for hydroxylation is 2. The molecule has 2 heterocycles. The monoisotopic (exact) mass is 383 g/mol. The molecular weight excluding hydrogens is 350 g/mol. The topological polar surface area (TPSA) is 63.5 Å². The van der Waals surface area contributed by atoms with Crippen molar-refractivity contribution in [2.45, 2.75) is 53.0 Å². The molecule has 0 saturated carbocycles. The molecule has 1 aromatic carbocycles. The minimum absolute atomic E-state index is 0.658. The summed E-state index contributed by atoms with van der Waals surface area (Å²) in [5.74, 6) is 1.90. The van der Waals surface area contributed by atoms with E-state index in [1.165, 1.54) is 22.4 Å². The summed E-state index contributed by atoms with van der Waals surface area (Å²) in [5.41, 5.74) is 6.36. The van der Waals surface area contributed by atoms with E-state index >= 15 is 0 Å². The zero-order chi connectivity index (χ0) is 19.9. The van der Waals surface area contributed by atoms with Crippen molar-refractivity contribution in [2.24, 2.45) is 12.0 Å². The Kier molecular flexibility index (Phi) is 6.95.